The predicted octanol–water partition coefficient (Wildman–Crippen LogP) is 1.08. The molecule has 0 aliphatic carbocycles. The van der Waals surface area contributed by atoms with Crippen LogP contribution in [0.2, 0.25) is 0 Å². The van der Waals surface area contributed by atoms with Gasteiger partial charge in [-0.1, -0.05) is 0 Å². The fourth-order valence-electron chi connectivity index (χ4n) is 4.77. The molecule has 2 aliphatic rings. The largest absolute Gasteiger partial charge is 0.378 e. The number of nitrogens with zero attached hydrogens (tertiary/aromatic N) is 7. The zero-order valence-electron chi connectivity index (χ0n) is 20.3. The van der Waals surface area contributed by atoms with Crippen molar-refractivity contribution in [3.63, 3.8) is 0 Å². The molecule has 0 radical (unpaired) electrons. The average Bonchev–Trinajstić information content (AvgIpc) is 3.20. The van der Waals surface area contributed by atoms with E-state index in [1.54, 1.807) is 0 Å². The van der Waals surface area contributed by atoms with E-state index in [4.69, 9.17) is 15.5 Å². The number of aryl methyl sites for hydroxylation is 1. The molecule has 0 spiro atoms. The fourth-order valence-corrected chi connectivity index (χ4v) is 6.74. The van der Waals surface area contributed by atoms with Crippen LogP contribution < -0.4 is 10.6 Å². The van der Waals surface area contributed by atoms with E-state index < -0.39 is 10.7 Å². The Morgan fingerprint density at radius 1 is 1.11 bits per heavy atom. The summed E-state index contributed by atoms with van der Waals surface area (Å²) >= 11 is 1.53. The van der Waals surface area contributed by atoms with Crippen LogP contribution in [0, 0.1) is 17.0 Å². The zero-order chi connectivity index (χ0) is 26.1. The SMILES string of the molecule is Cc1c(CN2CCN(C[SH](=O)=O)CC2)sc2c(N3CCOCC3)nc(-c3cnc(N)nc3)c([N+](=O)[O-])c12. The molecule has 0 amide bonds. The van der Waals surface area contributed by atoms with E-state index >= 15 is 0 Å². The highest BCUT2D eigenvalue weighted by Crippen LogP contribution is 2.46. The summed E-state index contributed by atoms with van der Waals surface area (Å²) in [7, 11) is -2.44. The molecule has 0 bridgehead atoms. The molecule has 0 saturated carbocycles. The Balaban J connectivity index is 1.59. The lowest BCUT2D eigenvalue weighted by Crippen LogP contribution is -2.46. The number of fused-ring (bicyclic) bond motifs is 1. The smallest absolute Gasteiger partial charge is 0.304 e. The molecule has 2 N–H and O–H groups in total. The highest BCUT2D eigenvalue weighted by molar-refractivity contribution is 7.72. The second-order valence-electron chi connectivity index (χ2n) is 9.04. The molecule has 37 heavy (non-hydrogen) atoms. The highest BCUT2D eigenvalue weighted by Gasteiger charge is 2.31. The van der Waals surface area contributed by atoms with Crippen molar-refractivity contribution in [1.82, 2.24) is 24.8 Å². The number of nitrogens with two attached hydrogens (primary N) is 1. The number of nitrogen functional groups attached to an aromatic ring is 1. The van der Waals surface area contributed by atoms with Crippen LogP contribution in [0.3, 0.4) is 0 Å². The van der Waals surface area contributed by atoms with Gasteiger partial charge in [0.1, 0.15) is 5.82 Å². The second kappa shape index (κ2) is 10.8. The molecule has 0 atom stereocenters. The van der Waals surface area contributed by atoms with Crippen LogP contribution in [-0.2, 0) is 22.0 Å². The van der Waals surface area contributed by atoms with E-state index in [0.29, 0.717) is 62.7 Å². The zero-order valence-corrected chi connectivity index (χ0v) is 22.0. The van der Waals surface area contributed by atoms with Crippen molar-refractivity contribution in [3.05, 3.63) is 32.9 Å². The number of aromatic nitrogens is 3. The van der Waals surface area contributed by atoms with Gasteiger partial charge in [-0.05, 0) is 12.5 Å². The number of thiol groups is 1. The predicted molar refractivity (Wildman–Crippen MR) is 142 cm³/mol. The molecule has 198 valence electrons. The van der Waals surface area contributed by atoms with Gasteiger partial charge in [0.05, 0.1) is 34.1 Å². The molecule has 0 aromatic carbocycles. The Hall–Kier alpha value is -2.98. The van der Waals surface area contributed by atoms with Crippen LogP contribution in [0.4, 0.5) is 17.5 Å². The number of anilines is 2. The number of hydrogen-bond acceptors (Lipinski definition) is 13. The third kappa shape index (κ3) is 5.36. The molecule has 2 aliphatic heterocycles. The van der Waals surface area contributed by atoms with Crippen LogP contribution in [0.1, 0.15) is 10.4 Å². The van der Waals surface area contributed by atoms with Gasteiger partial charge in [0.2, 0.25) is 5.95 Å². The molecular weight excluding hydrogens is 520 g/mol. The number of hydrogen-bond donors (Lipinski definition) is 2. The first-order chi connectivity index (χ1) is 17.8. The third-order valence-electron chi connectivity index (χ3n) is 6.71. The molecule has 3 aromatic heterocycles. The molecule has 5 rings (SSSR count). The van der Waals surface area contributed by atoms with Crippen molar-refractivity contribution >= 4 is 49.6 Å². The van der Waals surface area contributed by atoms with Crippen LogP contribution in [0.5, 0.6) is 0 Å². The normalized spacial score (nSPS) is 17.6. The Labute approximate surface area is 219 Å². The Bertz CT molecular complexity index is 1370. The average molecular weight is 549 g/mol. The lowest BCUT2D eigenvalue weighted by molar-refractivity contribution is -0.382. The van der Waals surface area contributed by atoms with Gasteiger partial charge in [-0.25, -0.2) is 23.4 Å². The molecule has 15 heteroatoms. The minimum absolute atomic E-state index is 0.0653. The quantitative estimate of drug-likeness (QED) is 0.246. The maximum Gasteiger partial charge on any atom is 0.304 e. The molecule has 2 saturated heterocycles. The van der Waals surface area contributed by atoms with Crippen LogP contribution in [0.25, 0.3) is 21.3 Å². The molecule has 3 aromatic rings. The van der Waals surface area contributed by atoms with Gasteiger partial charge in [0, 0.05) is 68.6 Å². The van der Waals surface area contributed by atoms with Gasteiger partial charge in [0.25, 0.3) is 0 Å². The Kier molecular flexibility index (Phi) is 7.48. The van der Waals surface area contributed by atoms with Crippen molar-refractivity contribution in [2.75, 3.05) is 69.0 Å². The van der Waals surface area contributed by atoms with Crippen LogP contribution in [0.15, 0.2) is 12.4 Å². The number of morpholine rings is 1. The summed E-state index contributed by atoms with van der Waals surface area (Å²) in [5.41, 5.74) is 7.08. The summed E-state index contributed by atoms with van der Waals surface area (Å²) < 4.78 is 28.5. The van der Waals surface area contributed by atoms with E-state index in [2.05, 4.69) is 19.8 Å². The highest BCUT2D eigenvalue weighted by atomic mass is 32.2. The fraction of sp³-hybridized carbons (Fsp3) is 0.500. The summed E-state index contributed by atoms with van der Waals surface area (Å²) in [5, 5.41) is 13.0. The minimum atomic E-state index is -2.44. The van der Waals surface area contributed by atoms with Crippen LogP contribution >= 0.6 is 11.3 Å². The first-order valence-electron chi connectivity index (χ1n) is 11.9. The van der Waals surface area contributed by atoms with Gasteiger partial charge < -0.3 is 15.4 Å². The maximum absolute atomic E-state index is 12.4. The van der Waals surface area contributed by atoms with Crippen molar-refractivity contribution in [2.24, 2.45) is 0 Å². The molecule has 2 fully saturated rings. The number of pyridine rings is 1. The van der Waals surface area contributed by atoms with E-state index in [1.807, 2.05) is 11.8 Å². The first kappa shape index (κ1) is 25.7. The van der Waals surface area contributed by atoms with Crippen LogP contribution in [-0.4, -0.2) is 96.5 Å². The van der Waals surface area contributed by atoms with Crippen molar-refractivity contribution in [1.29, 1.82) is 0 Å². The van der Waals surface area contributed by atoms with Gasteiger partial charge >= 0.3 is 5.69 Å². The van der Waals surface area contributed by atoms with Crippen molar-refractivity contribution in [2.45, 2.75) is 13.5 Å². The second-order valence-corrected chi connectivity index (χ2v) is 11.1. The summed E-state index contributed by atoms with van der Waals surface area (Å²) in [6, 6.07) is 0. The van der Waals surface area contributed by atoms with Crippen molar-refractivity contribution < 1.29 is 18.1 Å². The van der Waals surface area contributed by atoms with Gasteiger partial charge in [-0.15, -0.1) is 11.3 Å². The molecule has 0 unspecified atom stereocenters. The number of ether oxygens (including phenoxy) is 1. The van der Waals surface area contributed by atoms with Crippen molar-refractivity contribution in [3.8, 4) is 11.3 Å². The first-order valence-corrected chi connectivity index (χ1v) is 14.1. The third-order valence-corrected chi connectivity index (χ3v) is 8.62. The Morgan fingerprint density at radius 2 is 1.76 bits per heavy atom. The van der Waals surface area contributed by atoms with E-state index in [0.717, 1.165) is 28.2 Å². The lowest BCUT2D eigenvalue weighted by atomic mass is 10.1. The number of thiophene rings is 1. The summed E-state index contributed by atoms with van der Waals surface area (Å²) in [5.74, 6) is 0.847. The van der Waals surface area contributed by atoms with Gasteiger partial charge in [-0.2, -0.15) is 0 Å². The number of piperazine rings is 1. The van der Waals surface area contributed by atoms with Gasteiger partial charge in [-0.3, -0.25) is 19.9 Å². The molecule has 13 nitrogen and oxygen atoms in total. The van der Waals surface area contributed by atoms with Gasteiger partial charge in [0.15, 0.2) is 16.4 Å². The molecule has 5 heterocycles. The summed E-state index contributed by atoms with van der Waals surface area (Å²) in [4.78, 5) is 32.3. The number of nitro groups is 1. The maximum atomic E-state index is 12.4. The van der Waals surface area contributed by atoms with E-state index in [9.17, 15) is 18.5 Å². The van der Waals surface area contributed by atoms with E-state index in [-0.39, 0.29) is 28.1 Å². The lowest BCUT2D eigenvalue weighted by Gasteiger charge is -2.33. The monoisotopic (exact) mass is 548 g/mol. The summed E-state index contributed by atoms with van der Waals surface area (Å²) in [6.45, 7) is 7.69. The molecular formula is C22H28N8O5S2. The minimum Gasteiger partial charge on any atom is -0.378 e. The number of rotatable bonds is 7. The Morgan fingerprint density at radius 3 is 2.38 bits per heavy atom. The topological polar surface area (TPSA) is 161 Å². The summed E-state index contributed by atoms with van der Waals surface area (Å²) in [6.07, 6.45) is 2.93. The van der Waals surface area contributed by atoms with E-state index in [1.165, 1.54) is 23.7 Å². The standard InChI is InChI=1S/C22H28N8O5S2/c1-14-16(12-27-2-4-28(5-3-27)13-37(33)34)36-20-17(14)19(30(31)32)18(15-10-24-22(23)25-11-15)26-21(20)29-6-8-35-9-7-29/h10-11,37H,2-9,12-13H2,1H3,(H2,23,24,25).